The molecule has 272 valence electrons. The molecule has 2 N–H and O–H groups in total. The van der Waals surface area contributed by atoms with Gasteiger partial charge >= 0.3 is 12.1 Å². The van der Waals surface area contributed by atoms with Crippen molar-refractivity contribution in [1.82, 2.24) is 34.8 Å². The number of H-pyrrole nitrogens is 1. The number of pyridine rings is 2. The molecule has 1 aliphatic heterocycles. The Labute approximate surface area is 294 Å². The molecule has 7 rings (SSSR count). The van der Waals surface area contributed by atoms with Crippen LogP contribution in [0, 0.1) is 5.41 Å². The summed E-state index contributed by atoms with van der Waals surface area (Å²) in [6.07, 6.45) is 7.17. The Morgan fingerprint density at radius 2 is 1.84 bits per heavy atom. The number of fused-ring (bicyclic) bond motifs is 1. The maximum Gasteiger partial charge on any atom is 0.418 e. The highest BCUT2D eigenvalue weighted by molar-refractivity contribution is 5.91. The Morgan fingerprint density at radius 1 is 1.06 bits per heavy atom. The third kappa shape index (κ3) is 7.50. The summed E-state index contributed by atoms with van der Waals surface area (Å²) in [5, 5.41) is 9.18. The average Bonchev–Trinajstić information content (AvgIpc) is 3.85. The molecule has 3 fully saturated rings. The van der Waals surface area contributed by atoms with Gasteiger partial charge in [0, 0.05) is 69.5 Å². The number of methoxy groups -OCH3 is 1. The van der Waals surface area contributed by atoms with Crippen molar-refractivity contribution in [1.29, 1.82) is 0 Å². The van der Waals surface area contributed by atoms with Gasteiger partial charge in [0.15, 0.2) is 11.5 Å². The van der Waals surface area contributed by atoms with Crippen LogP contribution in [-0.2, 0) is 15.7 Å². The molecule has 5 heterocycles. The first kappa shape index (κ1) is 35.1. The zero-order chi connectivity index (χ0) is 35.9. The van der Waals surface area contributed by atoms with Crippen molar-refractivity contribution in [3.8, 4) is 22.8 Å². The highest BCUT2D eigenvalue weighted by Gasteiger charge is 2.40. The Bertz CT molecular complexity index is 1870. The van der Waals surface area contributed by atoms with Crippen LogP contribution in [0.5, 0.6) is 0 Å². The molecule has 0 radical (unpaired) electrons. The number of alkyl halides is 3. The molecule has 1 saturated heterocycles. The number of aliphatic carboxylic acids is 1. The summed E-state index contributed by atoms with van der Waals surface area (Å²) in [6.45, 7) is 5.14. The van der Waals surface area contributed by atoms with Crippen molar-refractivity contribution >= 4 is 28.6 Å². The van der Waals surface area contributed by atoms with E-state index in [1.54, 1.807) is 19.5 Å². The predicted molar refractivity (Wildman–Crippen MR) is 187 cm³/mol. The van der Waals surface area contributed by atoms with Crippen molar-refractivity contribution in [2.24, 2.45) is 5.41 Å². The minimum atomic E-state index is -4.54. The van der Waals surface area contributed by atoms with E-state index in [1.807, 2.05) is 24.9 Å². The summed E-state index contributed by atoms with van der Waals surface area (Å²) in [7, 11) is 3.72. The van der Waals surface area contributed by atoms with Crippen LogP contribution in [0.15, 0.2) is 30.7 Å². The summed E-state index contributed by atoms with van der Waals surface area (Å²) in [5.74, 6) is 0.104. The minimum Gasteiger partial charge on any atom is -0.480 e. The van der Waals surface area contributed by atoms with E-state index >= 15 is 0 Å². The molecule has 12 nitrogen and oxygen atoms in total. The lowest BCUT2D eigenvalue weighted by molar-refractivity contribution is -0.139. The van der Waals surface area contributed by atoms with Gasteiger partial charge in [-0.1, -0.05) is 19.3 Å². The predicted octanol–water partition coefficient (Wildman–Crippen LogP) is 6.00. The first-order chi connectivity index (χ1) is 24.4. The lowest BCUT2D eigenvalue weighted by atomic mass is 9.74. The van der Waals surface area contributed by atoms with Gasteiger partial charge in [-0.3, -0.25) is 14.7 Å². The third-order valence-electron chi connectivity index (χ3n) is 10.5. The molecule has 51 heavy (non-hydrogen) atoms. The molecular weight excluding hydrogens is 663 g/mol. The summed E-state index contributed by atoms with van der Waals surface area (Å²) in [4.78, 5) is 44.0. The van der Waals surface area contributed by atoms with E-state index in [4.69, 9.17) is 14.7 Å². The number of carboxylic acids is 1. The smallest absolute Gasteiger partial charge is 0.418 e. The van der Waals surface area contributed by atoms with Gasteiger partial charge in [-0.15, -0.1) is 0 Å². The molecule has 4 aromatic rings. The van der Waals surface area contributed by atoms with Crippen LogP contribution in [0.4, 0.5) is 24.7 Å². The third-order valence-corrected chi connectivity index (χ3v) is 10.5. The van der Waals surface area contributed by atoms with Gasteiger partial charge in [0.25, 0.3) is 0 Å². The van der Waals surface area contributed by atoms with Crippen molar-refractivity contribution in [3.05, 3.63) is 42.0 Å². The van der Waals surface area contributed by atoms with Gasteiger partial charge in [0.2, 0.25) is 0 Å². The second kappa shape index (κ2) is 14.0. The Kier molecular flexibility index (Phi) is 9.61. The largest absolute Gasteiger partial charge is 0.480 e. The van der Waals surface area contributed by atoms with Gasteiger partial charge in [-0.2, -0.15) is 13.2 Å². The Balaban J connectivity index is 1.24. The first-order valence-electron chi connectivity index (χ1n) is 17.6. The van der Waals surface area contributed by atoms with E-state index in [2.05, 4.69) is 29.7 Å². The fourth-order valence-electron chi connectivity index (χ4n) is 7.91. The van der Waals surface area contributed by atoms with Crippen LogP contribution in [0.25, 0.3) is 33.9 Å². The van der Waals surface area contributed by atoms with Crippen LogP contribution in [0.2, 0.25) is 0 Å². The Hall–Kier alpha value is -4.37. The Morgan fingerprint density at radius 3 is 2.49 bits per heavy atom. The van der Waals surface area contributed by atoms with Gasteiger partial charge in [0.05, 0.1) is 48.2 Å². The molecule has 1 atom stereocenters. The summed E-state index contributed by atoms with van der Waals surface area (Å²) in [6, 6.07) is 3.04. The van der Waals surface area contributed by atoms with Crippen LogP contribution in [-0.4, -0.2) is 105 Å². The summed E-state index contributed by atoms with van der Waals surface area (Å²) in [5.41, 5.74) is 2.20. The maximum absolute atomic E-state index is 14.3. The number of carboxylic acid groups (broad SMARTS) is 1. The number of hydrogen-bond donors (Lipinski definition) is 2. The van der Waals surface area contributed by atoms with Gasteiger partial charge in [-0.25, -0.2) is 19.9 Å². The van der Waals surface area contributed by atoms with Crippen LogP contribution < -0.4 is 9.80 Å². The second-order valence-corrected chi connectivity index (χ2v) is 14.5. The molecule has 15 heteroatoms. The minimum absolute atomic E-state index is 0.000913. The number of aromatic amines is 1. The molecule has 2 saturated carbocycles. The highest BCUT2D eigenvalue weighted by atomic mass is 19.4. The van der Waals surface area contributed by atoms with E-state index in [0.717, 1.165) is 31.4 Å². The zero-order valence-corrected chi connectivity index (χ0v) is 29.2. The molecule has 0 aromatic carbocycles. The van der Waals surface area contributed by atoms with Crippen molar-refractivity contribution < 1.29 is 27.8 Å². The van der Waals surface area contributed by atoms with Crippen LogP contribution >= 0.6 is 0 Å². The van der Waals surface area contributed by atoms with E-state index < -0.39 is 17.7 Å². The van der Waals surface area contributed by atoms with Crippen LogP contribution in [0.3, 0.4) is 0 Å². The van der Waals surface area contributed by atoms with Gasteiger partial charge < -0.3 is 24.6 Å². The number of halogens is 3. The number of anilines is 2. The standard InChI is InChI=1S/C36H44F3N9O3/c1-22-18-47(19-30(49)50)11-12-48(22)29-17-40-27(16-41-29)33-44-32-28(46(2)20-35(21-51-3)9-5-4-6-10-35)14-26(43-34(32)45-33)24-13-25(36(37,38)39)31(42-15-24)23-7-8-23/h13-17,22-23H,4-12,18-21H2,1-3H3,(H,49,50)(H,43,44,45)/t22-/m1/s1. The molecule has 4 aromatic heterocycles. The lowest BCUT2D eigenvalue weighted by Gasteiger charge is -2.40. The van der Waals surface area contributed by atoms with E-state index in [1.165, 1.54) is 18.7 Å². The number of hydrogen-bond acceptors (Lipinski definition) is 10. The highest BCUT2D eigenvalue weighted by Crippen LogP contribution is 2.46. The van der Waals surface area contributed by atoms with E-state index in [9.17, 15) is 23.1 Å². The van der Waals surface area contributed by atoms with Crippen molar-refractivity contribution in [2.45, 2.75) is 70.0 Å². The molecule has 0 amide bonds. The maximum atomic E-state index is 14.3. The number of imidazole rings is 1. The zero-order valence-electron chi connectivity index (χ0n) is 29.2. The molecule has 0 bridgehead atoms. The number of rotatable bonds is 11. The lowest BCUT2D eigenvalue weighted by Crippen LogP contribution is -2.53. The SMILES string of the molecule is COCC1(CN(C)c2cc(-c3cnc(C4CC4)c(C(F)(F)F)c3)nc3nc(-c4cnc(N5CCN(CC(=O)O)C[C@H]5C)cn4)[nH]c23)CCCCC1. The van der Waals surface area contributed by atoms with Gasteiger partial charge in [0.1, 0.15) is 17.0 Å². The monoisotopic (exact) mass is 707 g/mol. The molecule has 2 aliphatic carbocycles. The normalized spacial score (nSPS) is 19.8. The number of ether oxygens (including phenoxy) is 1. The number of piperazine rings is 1. The summed E-state index contributed by atoms with van der Waals surface area (Å²) >= 11 is 0. The van der Waals surface area contributed by atoms with Crippen molar-refractivity contribution in [2.75, 3.05) is 63.3 Å². The number of nitrogens with zero attached hydrogens (tertiary/aromatic N) is 8. The molecule has 0 spiro atoms. The first-order valence-corrected chi connectivity index (χ1v) is 17.6. The number of aromatic nitrogens is 6. The molecule has 3 aliphatic rings. The quantitative estimate of drug-likeness (QED) is 0.190. The average molecular weight is 708 g/mol. The molecule has 0 unspecified atom stereocenters. The van der Waals surface area contributed by atoms with Gasteiger partial charge in [-0.05, 0) is 44.7 Å². The number of carbonyl (C=O) groups is 1. The van der Waals surface area contributed by atoms with E-state index in [-0.39, 0.29) is 35.2 Å². The topological polar surface area (TPSA) is 136 Å². The van der Waals surface area contributed by atoms with Crippen LogP contribution in [0.1, 0.15) is 69.0 Å². The number of nitrogens with one attached hydrogen (secondary N) is 1. The fourth-order valence-corrected chi connectivity index (χ4v) is 7.91. The summed E-state index contributed by atoms with van der Waals surface area (Å²) < 4.78 is 48.5. The van der Waals surface area contributed by atoms with Crippen molar-refractivity contribution in [3.63, 3.8) is 0 Å². The molecular formula is C36H44F3N9O3. The van der Waals surface area contributed by atoms with E-state index in [0.29, 0.717) is 79.8 Å². The fraction of sp³-hybridized carbons (Fsp3) is 0.556. The second-order valence-electron chi connectivity index (χ2n) is 14.5.